The van der Waals surface area contributed by atoms with Gasteiger partial charge in [0.05, 0.1) is 36.6 Å². The Hall–Kier alpha value is -2.94. The number of rotatable bonds is 5. The van der Waals surface area contributed by atoms with E-state index < -0.39 is 18.0 Å². The Bertz CT molecular complexity index is 1360. The molecule has 0 spiro atoms. The second-order valence-electron chi connectivity index (χ2n) is 8.91. The van der Waals surface area contributed by atoms with Crippen LogP contribution in [0, 0.1) is 12.7 Å². The summed E-state index contributed by atoms with van der Waals surface area (Å²) in [5.41, 5.74) is 4.96. The largest absolute Gasteiger partial charge is 0.496 e. The third-order valence-corrected chi connectivity index (χ3v) is 7.33. The van der Waals surface area contributed by atoms with Crippen LogP contribution < -0.4 is 4.74 Å². The number of hydrogen-bond acceptors (Lipinski definition) is 5. The summed E-state index contributed by atoms with van der Waals surface area (Å²) < 4.78 is 21.6. The number of ether oxygens (including phenoxy) is 1. The lowest BCUT2D eigenvalue weighted by molar-refractivity contribution is 0.0438. The van der Waals surface area contributed by atoms with Gasteiger partial charge in [0.2, 0.25) is 0 Å². The molecule has 34 heavy (non-hydrogen) atoms. The van der Waals surface area contributed by atoms with Crippen molar-refractivity contribution >= 4 is 22.6 Å². The number of pyridine rings is 1. The number of H-pyrrole nitrogens is 1. The molecule has 0 bridgehead atoms. The van der Waals surface area contributed by atoms with Gasteiger partial charge in [-0.1, -0.05) is 18.5 Å². The van der Waals surface area contributed by atoms with Crippen molar-refractivity contribution in [1.29, 1.82) is 0 Å². The summed E-state index contributed by atoms with van der Waals surface area (Å²) in [5, 5.41) is 25.4. The standard InChI is InChI=1S/C25H26ClFN4O3/c1-12(23-22(34-3)5-4-19(27)24(23)26)17-10-29-25-16(17)6-14(9-28-25)18-11-30-31(13(18)2)15-7-20(32)21(33)8-15/h4-6,9-12,15,20-21,32-33H,7-8H2,1-3H3,(H,28,29)/t12-,15-,20-,21+/m0/s1. The summed E-state index contributed by atoms with van der Waals surface area (Å²) in [5.74, 6) is -0.224. The van der Waals surface area contributed by atoms with E-state index in [1.807, 2.05) is 30.8 Å². The van der Waals surface area contributed by atoms with E-state index in [1.165, 1.54) is 13.2 Å². The van der Waals surface area contributed by atoms with Crippen molar-refractivity contribution in [3.63, 3.8) is 0 Å². The number of fused-ring (bicyclic) bond motifs is 1. The normalized spacial score (nSPS) is 21.3. The number of aliphatic hydroxyl groups is 2. The lowest BCUT2D eigenvalue weighted by Crippen LogP contribution is -2.17. The molecule has 178 valence electrons. The molecule has 1 aliphatic rings. The minimum Gasteiger partial charge on any atom is -0.496 e. The van der Waals surface area contributed by atoms with Crippen LogP contribution >= 0.6 is 11.6 Å². The van der Waals surface area contributed by atoms with Gasteiger partial charge in [0.15, 0.2) is 0 Å². The molecular weight excluding hydrogens is 459 g/mol. The Morgan fingerprint density at radius 3 is 2.68 bits per heavy atom. The molecule has 0 unspecified atom stereocenters. The van der Waals surface area contributed by atoms with E-state index in [1.54, 1.807) is 18.5 Å². The molecule has 0 aliphatic heterocycles. The lowest BCUT2D eigenvalue weighted by Gasteiger charge is -2.17. The van der Waals surface area contributed by atoms with Crippen LogP contribution in [0.1, 0.15) is 48.5 Å². The minimum atomic E-state index is -0.731. The van der Waals surface area contributed by atoms with Gasteiger partial charge in [0.1, 0.15) is 17.2 Å². The fourth-order valence-corrected chi connectivity index (χ4v) is 5.38. The zero-order chi connectivity index (χ0) is 24.1. The topological polar surface area (TPSA) is 96.2 Å². The molecule has 5 rings (SSSR count). The molecule has 0 radical (unpaired) electrons. The average Bonchev–Trinajstić information content (AvgIpc) is 3.51. The number of methoxy groups -OCH3 is 1. The fourth-order valence-electron chi connectivity index (χ4n) is 5.06. The minimum absolute atomic E-state index is 0.0448. The van der Waals surface area contributed by atoms with Gasteiger partial charge in [-0.2, -0.15) is 5.10 Å². The molecule has 1 fully saturated rings. The van der Waals surface area contributed by atoms with Crippen LogP contribution in [0.5, 0.6) is 5.75 Å². The van der Waals surface area contributed by atoms with Crippen LogP contribution in [0.15, 0.2) is 36.8 Å². The maximum Gasteiger partial charge on any atom is 0.142 e. The summed E-state index contributed by atoms with van der Waals surface area (Å²) in [6.07, 6.45) is 4.92. The highest BCUT2D eigenvalue weighted by molar-refractivity contribution is 6.31. The Morgan fingerprint density at radius 1 is 1.24 bits per heavy atom. The van der Waals surface area contributed by atoms with Crippen molar-refractivity contribution in [2.24, 2.45) is 0 Å². The van der Waals surface area contributed by atoms with Crippen molar-refractivity contribution in [3.8, 4) is 16.9 Å². The van der Waals surface area contributed by atoms with Gasteiger partial charge in [-0.3, -0.25) is 4.68 Å². The number of benzene rings is 1. The van der Waals surface area contributed by atoms with Crippen LogP contribution in [0.2, 0.25) is 5.02 Å². The third-order valence-electron chi connectivity index (χ3n) is 6.95. The summed E-state index contributed by atoms with van der Waals surface area (Å²) in [4.78, 5) is 7.80. The van der Waals surface area contributed by atoms with Crippen molar-refractivity contribution < 1.29 is 19.3 Å². The van der Waals surface area contributed by atoms with Gasteiger partial charge < -0.3 is 19.9 Å². The second-order valence-corrected chi connectivity index (χ2v) is 9.29. The summed E-state index contributed by atoms with van der Waals surface area (Å²) in [6.45, 7) is 3.93. The molecule has 3 N–H and O–H groups in total. The van der Waals surface area contributed by atoms with Gasteiger partial charge in [0, 0.05) is 46.1 Å². The quantitative estimate of drug-likeness (QED) is 0.380. The number of hydrogen-bond donors (Lipinski definition) is 3. The first kappa shape index (κ1) is 22.8. The fraction of sp³-hybridized carbons (Fsp3) is 0.360. The predicted molar refractivity (Wildman–Crippen MR) is 128 cm³/mol. The van der Waals surface area contributed by atoms with E-state index in [0.29, 0.717) is 29.8 Å². The summed E-state index contributed by atoms with van der Waals surface area (Å²) in [7, 11) is 1.54. The molecule has 9 heteroatoms. The van der Waals surface area contributed by atoms with Crippen molar-refractivity contribution in [3.05, 3.63) is 64.5 Å². The SMILES string of the molecule is COc1ccc(F)c(Cl)c1[C@@H](C)c1c[nH]c2ncc(-c3cnn([C@@H]4C[C@@H](O)[C@@H](O)C4)c3C)cc12. The van der Waals surface area contributed by atoms with Crippen molar-refractivity contribution in [1.82, 2.24) is 19.7 Å². The first-order valence-electron chi connectivity index (χ1n) is 11.2. The van der Waals surface area contributed by atoms with E-state index in [0.717, 1.165) is 27.8 Å². The molecule has 3 aromatic heterocycles. The molecule has 0 amide bonds. The van der Waals surface area contributed by atoms with Crippen LogP contribution in [-0.4, -0.2) is 49.3 Å². The third kappa shape index (κ3) is 3.66. The zero-order valence-corrected chi connectivity index (χ0v) is 19.8. The first-order chi connectivity index (χ1) is 16.3. The van der Waals surface area contributed by atoms with E-state index >= 15 is 0 Å². The van der Waals surface area contributed by atoms with Gasteiger partial charge in [-0.25, -0.2) is 9.37 Å². The number of aromatic nitrogens is 4. The first-order valence-corrected chi connectivity index (χ1v) is 11.6. The van der Waals surface area contributed by atoms with Crippen LogP contribution in [0.4, 0.5) is 4.39 Å². The highest BCUT2D eigenvalue weighted by atomic mass is 35.5. The van der Waals surface area contributed by atoms with Crippen molar-refractivity contribution in [2.75, 3.05) is 7.11 Å². The Labute approximate surface area is 201 Å². The van der Waals surface area contributed by atoms with Gasteiger partial charge in [-0.15, -0.1) is 0 Å². The highest BCUT2D eigenvalue weighted by Crippen LogP contribution is 2.41. The van der Waals surface area contributed by atoms with E-state index in [9.17, 15) is 14.6 Å². The number of nitrogens with zero attached hydrogens (tertiary/aromatic N) is 3. The zero-order valence-electron chi connectivity index (χ0n) is 19.1. The Balaban J connectivity index is 1.55. The number of halogens is 2. The van der Waals surface area contributed by atoms with E-state index in [-0.39, 0.29) is 17.0 Å². The highest BCUT2D eigenvalue weighted by Gasteiger charge is 2.34. The number of nitrogens with one attached hydrogen (secondary N) is 1. The molecule has 1 aromatic carbocycles. The number of aromatic amines is 1. The summed E-state index contributed by atoms with van der Waals surface area (Å²) >= 11 is 6.35. The predicted octanol–water partition coefficient (Wildman–Crippen LogP) is 4.74. The molecule has 4 aromatic rings. The molecule has 7 nitrogen and oxygen atoms in total. The smallest absolute Gasteiger partial charge is 0.142 e. The van der Waals surface area contributed by atoms with Gasteiger partial charge in [-0.05, 0) is 43.5 Å². The second kappa shape index (κ2) is 8.69. The molecular formula is C25H26ClFN4O3. The van der Waals surface area contributed by atoms with Gasteiger partial charge >= 0.3 is 0 Å². The maximum atomic E-state index is 14.3. The monoisotopic (exact) mass is 484 g/mol. The van der Waals surface area contributed by atoms with Crippen LogP contribution in [-0.2, 0) is 0 Å². The van der Waals surface area contributed by atoms with E-state index in [2.05, 4.69) is 15.1 Å². The van der Waals surface area contributed by atoms with Crippen LogP contribution in [0.3, 0.4) is 0 Å². The summed E-state index contributed by atoms with van der Waals surface area (Å²) in [6, 6.07) is 4.87. The molecule has 1 aliphatic carbocycles. The lowest BCUT2D eigenvalue weighted by atomic mass is 9.91. The number of aliphatic hydroxyl groups excluding tert-OH is 2. The van der Waals surface area contributed by atoms with E-state index in [4.69, 9.17) is 16.3 Å². The molecule has 3 heterocycles. The van der Waals surface area contributed by atoms with Crippen LogP contribution in [0.25, 0.3) is 22.2 Å². The van der Waals surface area contributed by atoms with Gasteiger partial charge in [0.25, 0.3) is 0 Å². The maximum absolute atomic E-state index is 14.3. The molecule has 1 saturated carbocycles. The van der Waals surface area contributed by atoms with Crippen molar-refractivity contribution in [2.45, 2.75) is 50.9 Å². The Kier molecular flexibility index (Phi) is 5.83. The average molecular weight is 485 g/mol. The Morgan fingerprint density at radius 2 is 1.97 bits per heavy atom. The molecule has 0 saturated heterocycles. The molecule has 4 atom stereocenters.